The molecule has 0 spiro atoms. The molecule has 9 nitrogen and oxygen atoms in total. The largest absolute Gasteiger partial charge is 0.502 e. The highest BCUT2D eigenvalue weighted by molar-refractivity contribution is 6.18. The zero-order valence-corrected chi connectivity index (χ0v) is 20.0. The van der Waals surface area contributed by atoms with Crippen LogP contribution in [0.4, 0.5) is 20.7 Å². The average Bonchev–Trinajstić information content (AvgIpc) is 3.38. The summed E-state index contributed by atoms with van der Waals surface area (Å²) < 4.78 is 26.3. The number of phenolic OH excluding ortho intramolecular Hbond substituents is 1. The summed E-state index contributed by atoms with van der Waals surface area (Å²) in [6, 6.07) is 8.23. The molecule has 2 amide bonds. The minimum Gasteiger partial charge on any atom is -0.502 e. The first-order valence-corrected chi connectivity index (χ1v) is 11.1. The number of amidine groups is 1. The Hall–Kier alpha value is -4.08. The molecule has 3 heterocycles. The van der Waals surface area contributed by atoms with Gasteiger partial charge in [0.25, 0.3) is 0 Å². The Morgan fingerprint density at radius 2 is 1.71 bits per heavy atom. The van der Waals surface area contributed by atoms with Crippen LogP contribution in [0.5, 0.6) is 17.2 Å². The van der Waals surface area contributed by atoms with Crippen LogP contribution in [0.15, 0.2) is 47.6 Å². The number of fused-ring (bicyclic) bond motifs is 2. The van der Waals surface area contributed by atoms with Crippen LogP contribution in [0, 0.1) is 5.82 Å². The monoisotopic (exact) mass is 479 g/mol. The Balaban J connectivity index is 1.76. The number of aliphatic imine (C=N–C) groups is 1. The number of carbonyl (C=O) groups excluding carboxylic acids is 1. The molecule has 2 aliphatic rings. The Labute approximate surface area is 201 Å². The second-order valence-electron chi connectivity index (χ2n) is 9.48. The Kier molecular flexibility index (Phi) is 5.19. The first-order chi connectivity index (χ1) is 16.6. The van der Waals surface area contributed by atoms with Crippen LogP contribution in [-0.2, 0) is 5.54 Å². The molecule has 3 aromatic rings. The zero-order valence-electron chi connectivity index (χ0n) is 20.0. The molecule has 1 saturated heterocycles. The van der Waals surface area contributed by atoms with E-state index in [2.05, 4.69) is 10.4 Å². The molecule has 0 radical (unpaired) electrons. The number of hydrogen-bond acceptors (Lipinski definition) is 6. The smallest absolute Gasteiger partial charge is 0.328 e. The number of nitrogens with one attached hydrogen (secondary N) is 1. The van der Waals surface area contributed by atoms with Gasteiger partial charge in [0.2, 0.25) is 5.75 Å². The van der Waals surface area contributed by atoms with Crippen molar-refractivity contribution in [3.63, 3.8) is 0 Å². The maximum absolute atomic E-state index is 13.7. The lowest BCUT2D eigenvalue weighted by atomic mass is 9.83. The number of aromatic nitrogens is 2. The van der Waals surface area contributed by atoms with E-state index in [4.69, 9.17) is 14.5 Å². The Morgan fingerprint density at radius 1 is 1.09 bits per heavy atom. The van der Waals surface area contributed by atoms with Gasteiger partial charge in [0.1, 0.15) is 17.7 Å². The summed E-state index contributed by atoms with van der Waals surface area (Å²) in [5.41, 5.74) is 1.69. The van der Waals surface area contributed by atoms with Gasteiger partial charge >= 0.3 is 6.03 Å². The summed E-state index contributed by atoms with van der Waals surface area (Å²) in [4.78, 5) is 19.6. The minimum absolute atomic E-state index is 0.120. The van der Waals surface area contributed by atoms with Crippen LogP contribution >= 0.6 is 0 Å². The van der Waals surface area contributed by atoms with Crippen molar-refractivity contribution in [3.8, 4) is 17.2 Å². The summed E-state index contributed by atoms with van der Waals surface area (Å²) in [5.74, 6) is 0.586. The lowest BCUT2D eigenvalue weighted by molar-refractivity contribution is 0.252. The van der Waals surface area contributed by atoms with Crippen molar-refractivity contribution in [1.29, 1.82) is 0 Å². The fourth-order valence-electron chi connectivity index (χ4n) is 4.69. The molecular weight excluding hydrogens is 453 g/mol. The third-order valence-electron chi connectivity index (χ3n) is 6.26. The van der Waals surface area contributed by atoms with Crippen molar-refractivity contribution < 1.29 is 23.8 Å². The average molecular weight is 480 g/mol. The van der Waals surface area contributed by atoms with Crippen LogP contribution in [0.1, 0.15) is 37.8 Å². The molecule has 5 rings (SSSR count). The van der Waals surface area contributed by atoms with E-state index in [1.54, 1.807) is 35.4 Å². The van der Waals surface area contributed by atoms with E-state index in [0.29, 0.717) is 17.3 Å². The summed E-state index contributed by atoms with van der Waals surface area (Å²) in [7, 11) is 2.92. The van der Waals surface area contributed by atoms with Gasteiger partial charge in [-0.3, -0.25) is 10.2 Å². The van der Waals surface area contributed by atoms with Gasteiger partial charge in [-0.2, -0.15) is 5.10 Å². The van der Waals surface area contributed by atoms with Gasteiger partial charge in [-0.1, -0.05) is 0 Å². The highest BCUT2D eigenvalue weighted by atomic mass is 19.1. The predicted molar refractivity (Wildman–Crippen MR) is 129 cm³/mol. The number of aromatic hydroxyl groups is 1. The summed E-state index contributed by atoms with van der Waals surface area (Å²) >= 11 is 0. The van der Waals surface area contributed by atoms with Crippen molar-refractivity contribution in [2.24, 2.45) is 4.99 Å². The molecule has 1 fully saturated rings. The van der Waals surface area contributed by atoms with Crippen LogP contribution < -0.4 is 19.7 Å². The molecule has 2 aliphatic heterocycles. The number of nitrogens with zero attached hydrogens (tertiary/aromatic N) is 4. The lowest BCUT2D eigenvalue weighted by Gasteiger charge is -2.34. The number of benzene rings is 2. The van der Waals surface area contributed by atoms with E-state index in [1.165, 1.54) is 26.4 Å². The molecule has 2 N–H and O–H groups in total. The number of carbonyl (C=O) groups is 1. The van der Waals surface area contributed by atoms with Crippen LogP contribution in [0.3, 0.4) is 0 Å². The fourth-order valence-corrected chi connectivity index (χ4v) is 4.69. The topological polar surface area (TPSA) is 101 Å². The lowest BCUT2D eigenvalue weighted by Crippen LogP contribution is -2.42. The Morgan fingerprint density at radius 3 is 2.29 bits per heavy atom. The van der Waals surface area contributed by atoms with E-state index in [-0.39, 0.29) is 28.8 Å². The van der Waals surface area contributed by atoms with Gasteiger partial charge in [-0.05, 0) is 62.7 Å². The number of hydrogen-bond donors (Lipinski definition) is 2. The SMILES string of the molecule is COc1cc(C2c3cnn(C(C)(C)C)c3N=C3NC(=O)N(c4ccc(F)cc4)C32)cc(OC)c1O. The van der Waals surface area contributed by atoms with Crippen molar-refractivity contribution in [2.45, 2.75) is 38.3 Å². The highest BCUT2D eigenvalue weighted by Gasteiger charge is 2.48. The molecule has 0 aliphatic carbocycles. The van der Waals surface area contributed by atoms with E-state index in [1.807, 2.05) is 25.5 Å². The first kappa shape index (κ1) is 22.7. The van der Waals surface area contributed by atoms with Gasteiger partial charge in [0.15, 0.2) is 17.3 Å². The number of rotatable bonds is 4. The maximum atomic E-state index is 13.7. The maximum Gasteiger partial charge on any atom is 0.328 e. The molecule has 2 atom stereocenters. The van der Waals surface area contributed by atoms with E-state index < -0.39 is 17.8 Å². The summed E-state index contributed by atoms with van der Waals surface area (Å²) in [6.07, 6.45) is 1.75. The highest BCUT2D eigenvalue weighted by Crippen LogP contribution is 2.48. The molecule has 0 saturated carbocycles. The number of ether oxygens (including phenoxy) is 2. The quantitative estimate of drug-likeness (QED) is 0.582. The number of phenols is 1. The number of halogens is 1. The number of anilines is 1. The van der Waals surface area contributed by atoms with Gasteiger partial charge in [-0.25, -0.2) is 18.9 Å². The third kappa shape index (κ3) is 3.56. The number of urea groups is 1. The first-order valence-electron chi connectivity index (χ1n) is 11.1. The zero-order chi connectivity index (χ0) is 25.1. The van der Waals surface area contributed by atoms with E-state index >= 15 is 0 Å². The Bertz CT molecular complexity index is 1320. The molecule has 10 heteroatoms. The van der Waals surface area contributed by atoms with Crippen LogP contribution in [0.25, 0.3) is 0 Å². The van der Waals surface area contributed by atoms with Gasteiger partial charge in [0.05, 0.1) is 26.0 Å². The van der Waals surface area contributed by atoms with Crippen molar-refractivity contribution in [1.82, 2.24) is 15.1 Å². The summed E-state index contributed by atoms with van der Waals surface area (Å²) in [5, 5.41) is 18.0. The van der Waals surface area contributed by atoms with Crippen LogP contribution in [-0.4, -0.2) is 47.0 Å². The second kappa shape index (κ2) is 8.00. The number of methoxy groups -OCH3 is 2. The molecule has 2 aromatic carbocycles. The van der Waals surface area contributed by atoms with Gasteiger partial charge in [-0.15, -0.1) is 0 Å². The third-order valence-corrected chi connectivity index (χ3v) is 6.26. The van der Waals surface area contributed by atoms with Gasteiger partial charge < -0.3 is 14.6 Å². The fraction of sp³-hybridized carbons (Fsp3) is 0.320. The molecule has 1 aromatic heterocycles. The molecular formula is C25H26FN5O4. The minimum atomic E-state index is -0.572. The second-order valence-corrected chi connectivity index (χ2v) is 9.48. The van der Waals surface area contributed by atoms with Gasteiger partial charge in [0, 0.05) is 17.2 Å². The number of amides is 2. The molecule has 2 unspecified atom stereocenters. The normalized spacial score (nSPS) is 19.1. The molecule has 0 bridgehead atoms. The van der Waals surface area contributed by atoms with Crippen molar-refractivity contribution in [3.05, 3.63) is 59.5 Å². The molecule has 35 heavy (non-hydrogen) atoms. The predicted octanol–water partition coefficient (Wildman–Crippen LogP) is 4.27. The van der Waals surface area contributed by atoms with E-state index in [0.717, 1.165) is 11.1 Å². The van der Waals surface area contributed by atoms with Crippen molar-refractivity contribution in [2.75, 3.05) is 19.1 Å². The van der Waals surface area contributed by atoms with Crippen molar-refractivity contribution >= 4 is 23.4 Å². The molecule has 182 valence electrons. The standard InChI is InChI=1S/C25H26FN5O4/c1-25(2,3)31-23-16(12-27-31)19(13-10-17(34-4)21(32)18(11-13)35-5)20-22(28-23)29-24(33)30(20)15-8-6-14(26)7-9-15/h6-12,19-20,32H,1-5H3,(H,28,29,33). The van der Waals surface area contributed by atoms with E-state index in [9.17, 15) is 14.3 Å². The van der Waals surface area contributed by atoms with Crippen LogP contribution in [0.2, 0.25) is 0 Å². The summed E-state index contributed by atoms with van der Waals surface area (Å²) in [6.45, 7) is 6.06.